The molecule has 0 aliphatic heterocycles. The molecule has 5 nitrogen and oxygen atoms in total. The van der Waals surface area contributed by atoms with Crippen LogP contribution in [0, 0.1) is 0 Å². The summed E-state index contributed by atoms with van der Waals surface area (Å²) in [6.07, 6.45) is 0. The Hall–Kier alpha value is 1.12. The number of carbonyl (C=O) groups excluding carboxylic acids is 1. The number of carboxylic acid groups (broad SMARTS) is 1. The zero-order chi connectivity index (χ0) is 7.65. The van der Waals surface area contributed by atoms with E-state index in [2.05, 4.69) is 6.58 Å². The van der Waals surface area contributed by atoms with Gasteiger partial charge in [-0.05, 0) is 0 Å². The first-order valence-electron chi connectivity index (χ1n) is 1.72. The van der Waals surface area contributed by atoms with Gasteiger partial charge < -0.3 is 14.5 Å². The van der Waals surface area contributed by atoms with Crippen LogP contribution in [0.4, 0.5) is 0 Å². The van der Waals surface area contributed by atoms with E-state index in [0.717, 1.165) is 0 Å². The Morgan fingerprint density at radius 2 is 1.55 bits per heavy atom. The van der Waals surface area contributed by atoms with Gasteiger partial charge in [0, 0.05) is 0 Å². The van der Waals surface area contributed by atoms with E-state index >= 15 is 0 Å². The van der Waals surface area contributed by atoms with Gasteiger partial charge in [-0.2, -0.15) is 0 Å². The van der Waals surface area contributed by atoms with Gasteiger partial charge in [0.25, 0.3) is 0 Å². The monoisotopic (exact) mass is 196 g/mol. The molecule has 0 spiro atoms. The van der Waals surface area contributed by atoms with Gasteiger partial charge >= 0.3 is 59.1 Å². The number of hydrogen-bond donors (Lipinski definition) is 0. The molecule has 0 N–H and O–H groups in total. The number of carboxylic acids is 1. The summed E-state index contributed by atoms with van der Waals surface area (Å²) in [6, 6.07) is 0. The molecule has 0 amide bonds. The van der Waals surface area contributed by atoms with Crippen molar-refractivity contribution in [2.75, 3.05) is 0 Å². The van der Waals surface area contributed by atoms with Crippen LogP contribution in [0.5, 0.6) is 0 Å². The Morgan fingerprint density at radius 1 is 1.27 bits per heavy atom. The van der Waals surface area contributed by atoms with Crippen molar-refractivity contribution in [1.82, 2.24) is 0 Å². The fraction of sp³-hybridized carbons (Fsp3) is 0. The third-order valence-corrected chi connectivity index (χ3v) is 1.30. The van der Waals surface area contributed by atoms with Gasteiger partial charge in [0.15, 0.2) is 0 Å². The summed E-state index contributed by atoms with van der Waals surface area (Å²) in [5, 5.41) is 9.56. The molecule has 0 aliphatic carbocycles. The summed E-state index contributed by atoms with van der Waals surface area (Å²) in [6.45, 7) is 2.46. The molecular weight excluding hydrogens is 194 g/mol. The third-order valence-electron chi connectivity index (χ3n) is 0.529. The molecule has 0 aromatic rings. The van der Waals surface area contributed by atoms with Crippen LogP contribution in [0.25, 0.3) is 0 Å². The summed E-state index contributed by atoms with van der Waals surface area (Å²) in [4.78, 5) is 8.11. The minimum Gasteiger partial charge on any atom is -0.744 e. The molecule has 0 radical (unpaired) electrons. The second-order valence-electron chi connectivity index (χ2n) is 1.16. The minimum atomic E-state index is -4.91. The molecule has 0 heterocycles. The Bertz CT molecular complexity index is 242. The molecule has 0 atom stereocenters. The van der Waals surface area contributed by atoms with Crippen LogP contribution < -0.4 is 64.2 Å². The van der Waals surface area contributed by atoms with E-state index in [1.807, 2.05) is 0 Å². The van der Waals surface area contributed by atoms with E-state index in [4.69, 9.17) is 0 Å². The molecule has 0 aliphatic rings. The SMILES string of the molecule is C=C(C(=O)[O-])S(=O)(=O)[O-].[Na+].[Na+]. The van der Waals surface area contributed by atoms with Crippen molar-refractivity contribution >= 4 is 16.1 Å². The molecule has 52 valence electrons. The molecule has 0 unspecified atom stereocenters. The maximum Gasteiger partial charge on any atom is 1.00 e. The molecule has 0 saturated heterocycles. The Labute approximate surface area is 108 Å². The smallest absolute Gasteiger partial charge is 0.744 e. The second-order valence-corrected chi connectivity index (χ2v) is 2.57. The molecule has 8 heteroatoms. The summed E-state index contributed by atoms with van der Waals surface area (Å²) in [5.74, 6) is -2.06. The van der Waals surface area contributed by atoms with E-state index in [0.29, 0.717) is 0 Å². The predicted molar refractivity (Wildman–Crippen MR) is 23.8 cm³/mol. The normalized spacial score (nSPS) is 8.82. The number of hydrogen-bond acceptors (Lipinski definition) is 5. The van der Waals surface area contributed by atoms with Crippen molar-refractivity contribution in [3.63, 3.8) is 0 Å². The average Bonchev–Trinajstić information content (AvgIpc) is 1.62. The van der Waals surface area contributed by atoms with E-state index in [1.165, 1.54) is 0 Å². The molecule has 11 heavy (non-hydrogen) atoms. The van der Waals surface area contributed by atoms with Crippen molar-refractivity contribution in [3.05, 3.63) is 11.5 Å². The topological polar surface area (TPSA) is 97.3 Å². The van der Waals surface area contributed by atoms with Gasteiger partial charge in [-0.25, -0.2) is 8.42 Å². The van der Waals surface area contributed by atoms with Crippen LogP contribution in [0.15, 0.2) is 11.5 Å². The fourth-order valence-corrected chi connectivity index (χ4v) is 0.306. The van der Waals surface area contributed by atoms with E-state index in [9.17, 15) is 22.9 Å². The molecule has 0 aromatic heterocycles. The Morgan fingerprint density at radius 3 is 1.55 bits per heavy atom. The fourth-order valence-electron chi connectivity index (χ4n) is 0.102. The number of carbonyl (C=O) groups is 1. The number of aliphatic carboxylic acids is 1. The minimum absolute atomic E-state index is 0. The molecule has 0 fully saturated rings. The first-order valence-corrected chi connectivity index (χ1v) is 3.12. The van der Waals surface area contributed by atoms with Crippen LogP contribution in [0.1, 0.15) is 0 Å². The van der Waals surface area contributed by atoms with Crippen molar-refractivity contribution in [1.29, 1.82) is 0 Å². The van der Waals surface area contributed by atoms with Gasteiger partial charge in [-0.15, -0.1) is 0 Å². The first-order chi connectivity index (χ1) is 3.85. The van der Waals surface area contributed by atoms with Crippen molar-refractivity contribution in [2.24, 2.45) is 0 Å². The van der Waals surface area contributed by atoms with Gasteiger partial charge in [0.1, 0.15) is 10.1 Å². The summed E-state index contributed by atoms with van der Waals surface area (Å²) < 4.78 is 29.1. The standard InChI is InChI=1S/C3H4O5S.2Na/c1-2(3(4)5)9(6,7)8;;/h1H2,(H,4,5)(H,6,7,8);;/q;2*+1/p-2. The Kier molecular flexibility index (Phi) is 10.8. The van der Waals surface area contributed by atoms with Crippen molar-refractivity contribution in [3.8, 4) is 0 Å². The maximum atomic E-state index is 9.70. The molecule has 0 rings (SSSR count). The van der Waals surface area contributed by atoms with Gasteiger partial charge in [-0.3, -0.25) is 0 Å². The quantitative estimate of drug-likeness (QED) is 0.248. The van der Waals surface area contributed by atoms with Gasteiger partial charge in [0.05, 0.1) is 10.9 Å². The average molecular weight is 196 g/mol. The van der Waals surface area contributed by atoms with Gasteiger partial charge in [-0.1, -0.05) is 6.58 Å². The summed E-state index contributed by atoms with van der Waals surface area (Å²) in [7, 11) is -4.91. The molecule has 0 bridgehead atoms. The summed E-state index contributed by atoms with van der Waals surface area (Å²) in [5.41, 5.74) is 0. The zero-order valence-electron chi connectivity index (χ0n) is 6.16. The second kappa shape index (κ2) is 6.62. The molecular formula is C3H2Na2O5S. The van der Waals surface area contributed by atoms with Crippen LogP contribution in [-0.4, -0.2) is 18.9 Å². The van der Waals surface area contributed by atoms with Crippen LogP contribution in [-0.2, 0) is 14.9 Å². The maximum absolute atomic E-state index is 9.70. The van der Waals surface area contributed by atoms with Crippen LogP contribution in [0.3, 0.4) is 0 Å². The van der Waals surface area contributed by atoms with E-state index in [-0.39, 0.29) is 59.1 Å². The van der Waals surface area contributed by atoms with Crippen LogP contribution in [0.2, 0.25) is 0 Å². The zero-order valence-corrected chi connectivity index (χ0v) is 11.0. The van der Waals surface area contributed by atoms with Gasteiger partial charge in [0.2, 0.25) is 0 Å². The summed E-state index contributed by atoms with van der Waals surface area (Å²) >= 11 is 0. The van der Waals surface area contributed by atoms with E-state index < -0.39 is 21.0 Å². The van der Waals surface area contributed by atoms with E-state index in [1.54, 1.807) is 0 Å². The molecule has 0 saturated carbocycles. The van der Waals surface area contributed by atoms with Crippen LogP contribution >= 0.6 is 0 Å². The Balaban J connectivity index is -0.000000320. The third kappa shape index (κ3) is 7.48. The van der Waals surface area contributed by atoms with Crippen molar-refractivity contribution < 1.29 is 82.0 Å². The predicted octanol–water partition coefficient (Wildman–Crippen LogP) is -8.20. The molecule has 0 aromatic carbocycles. The largest absolute Gasteiger partial charge is 1.00 e. The van der Waals surface area contributed by atoms with Crippen molar-refractivity contribution in [2.45, 2.75) is 0 Å². The number of rotatable bonds is 2. The first kappa shape index (κ1) is 18.0.